The van der Waals surface area contributed by atoms with Crippen LogP contribution in [0.2, 0.25) is 0 Å². The Hall–Kier alpha value is -0.120. The Morgan fingerprint density at radius 3 is 2.29 bits per heavy atom. The van der Waals surface area contributed by atoms with Gasteiger partial charge in [-0.15, -0.1) is 0 Å². The zero-order valence-corrected chi connectivity index (χ0v) is 11.9. The average molecular weight is 243 g/mol. The standard InChI is InChI=1S/C14H29NO2/c1-5-14(4,13(16)7-6-12(2)3)15-8-10-17-11-9-15/h12-13,16H,5-11H2,1-4H3. The lowest BCUT2D eigenvalue weighted by molar-refractivity contribution is -0.0751. The van der Waals surface area contributed by atoms with E-state index in [-0.39, 0.29) is 11.6 Å². The normalized spacial score (nSPS) is 23.6. The van der Waals surface area contributed by atoms with Crippen molar-refractivity contribution in [3.8, 4) is 0 Å². The molecule has 0 bridgehead atoms. The molecule has 1 rings (SSSR count). The van der Waals surface area contributed by atoms with Crippen molar-refractivity contribution in [2.75, 3.05) is 26.3 Å². The van der Waals surface area contributed by atoms with Crippen LogP contribution in [0.15, 0.2) is 0 Å². The highest BCUT2D eigenvalue weighted by Crippen LogP contribution is 2.28. The summed E-state index contributed by atoms with van der Waals surface area (Å²) in [5, 5.41) is 10.5. The number of morpholine rings is 1. The Kier molecular flexibility index (Phi) is 5.90. The van der Waals surface area contributed by atoms with Gasteiger partial charge in [0.15, 0.2) is 0 Å². The quantitative estimate of drug-likeness (QED) is 0.777. The highest BCUT2D eigenvalue weighted by atomic mass is 16.5. The van der Waals surface area contributed by atoms with E-state index >= 15 is 0 Å². The van der Waals surface area contributed by atoms with Crippen LogP contribution in [0.1, 0.15) is 47.0 Å². The maximum atomic E-state index is 10.5. The fourth-order valence-corrected chi connectivity index (χ4v) is 2.55. The molecule has 17 heavy (non-hydrogen) atoms. The molecule has 1 fully saturated rings. The molecule has 3 heteroatoms. The van der Waals surface area contributed by atoms with E-state index in [9.17, 15) is 5.11 Å². The summed E-state index contributed by atoms with van der Waals surface area (Å²) in [5.74, 6) is 0.662. The molecule has 0 aromatic heterocycles. The Balaban J connectivity index is 2.58. The van der Waals surface area contributed by atoms with E-state index in [0.717, 1.165) is 45.6 Å². The van der Waals surface area contributed by atoms with Crippen molar-refractivity contribution < 1.29 is 9.84 Å². The number of nitrogens with zero attached hydrogens (tertiary/aromatic N) is 1. The van der Waals surface area contributed by atoms with Gasteiger partial charge in [-0.1, -0.05) is 20.8 Å². The van der Waals surface area contributed by atoms with Crippen LogP contribution in [-0.2, 0) is 4.74 Å². The molecule has 2 atom stereocenters. The number of ether oxygens (including phenoxy) is 1. The van der Waals surface area contributed by atoms with Crippen LogP contribution in [0.3, 0.4) is 0 Å². The summed E-state index contributed by atoms with van der Waals surface area (Å²) in [6, 6.07) is 0. The van der Waals surface area contributed by atoms with Crippen molar-refractivity contribution in [3.63, 3.8) is 0 Å². The van der Waals surface area contributed by atoms with E-state index in [4.69, 9.17) is 4.74 Å². The molecule has 102 valence electrons. The molecule has 0 aromatic rings. The molecule has 0 saturated carbocycles. The first-order valence-corrected chi connectivity index (χ1v) is 7.01. The predicted molar refractivity (Wildman–Crippen MR) is 71.2 cm³/mol. The Morgan fingerprint density at radius 1 is 1.24 bits per heavy atom. The monoisotopic (exact) mass is 243 g/mol. The molecule has 0 aliphatic carbocycles. The van der Waals surface area contributed by atoms with Gasteiger partial charge in [0, 0.05) is 18.6 Å². The first-order chi connectivity index (χ1) is 8.00. The van der Waals surface area contributed by atoms with E-state index in [2.05, 4.69) is 32.6 Å². The lowest BCUT2D eigenvalue weighted by atomic mass is 9.85. The first-order valence-electron chi connectivity index (χ1n) is 7.01. The van der Waals surface area contributed by atoms with Crippen molar-refractivity contribution in [2.45, 2.75) is 58.6 Å². The fraction of sp³-hybridized carbons (Fsp3) is 1.00. The van der Waals surface area contributed by atoms with E-state index < -0.39 is 0 Å². The van der Waals surface area contributed by atoms with Crippen molar-refractivity contribution in [1.29, 1.82) is 0 Å². The van der Waals surface area contributed by atoms with Gasteiger partial charge in [0.05, 0.1) is 19.3 Å². The van der Waals surface area contributed by atoms with Gasteiger partial charge in [0.2, 0.25) is 0 Å². The summed E-state index contributed by atoms with van der Waals surface area (Å²) < 4.78 is 5.39. The highest BCUT2D eigenvalue weighted by molar-refractivity contribution is 4.92. The average Bonchev–Trinajstić information content (AvgIpc) is 2.35. The third-order valence-corrected chi connectivity index (χ3v) is 4.18. The summed E-state index contributed by atoms with van der Waals surface area (Å²) in [5.41, 5.74) is -0.0847. The molecule has 1 N–H and O–H groups in total. The van der Waals surface area contributed by atoms with Gasteiger partial charge in [-0.2, -0.15) is 0 Å². The van der Waals surface area contributed by atoms with Crippen LogP contribution in [0.5, 0.6) is 0 Å². The molecule has 0 spiro atoms. The molecule has 0 radical (unpaired) electrons. The topological polar surface area (TPSA) is 32.7 Å². The smallest absolute Gasteiger partial charge is 0.0721 e. The number of hydrogen-bond acceptors (Lipinski definition) is 3. The van der Waals surface area contributed by atoms with Crippen molar-refractivity contribution in [3.05, 3.63) is 0 Å². The minimum atomic E-state index is -0.229. The van der Waals surface area contributed by atoms with Crippen LogP contribution in [-0.4, -0.2) is 48.0 Å². The Labute approximate surface area is 106 Å². The molecule has 1 saturated heterocycles. The van der Waals surface area contributed by atoms with Crippen LogP contribution >= 0.6 is 0 Å². The largest absolute Gasteiger partial charge is 0.391 e. The SMILES string of the molecule is CCC(C)(C(O)CCC(C)C)N1CCOCC1. The summed E-state index contributed by atoms with van der Waals surface area (Å²) in [4.78, 5) is 2.40. The molecule has 2 unspecified atom stereocenters. The van der Waals surface area contributed by atoms with E-state index in [0.29, 0.717) is 5.92 Å². The van der Waals surface area contributed by atoms with E-state index in [1.807, 2.05) is 0 Å². The van der Waals surface area contributed by atoms with E-state index in [1.165, 1.54) is 0 Å². The molecule has 0 amide bonds. The second-order valence-corrected chi connectivity index (χ2v) is 5.80. The first kappa shape index (κ1) is 14.9. The number of hydrogen-bond donors (Lipinski definition) is 1. The van der Waals surface area contributed by atoms with Gasteiger partial charge >= 0.3 is 0 Å². The minimum absolute atomic E-state index is 0.0847. The lowest BCUT2D eigenvalue weighted by Gasteiger charge is -2.46. The van der Waals surface area contributed by atoms with E-state index in [1.54, 1.807) is 0 Å². The van der Waals surface area contributed by atoms with Crippen molar-refractivity contribution in [1.82, 2.24) is 4.90 Å². The summed E-state index contributed by atoms with van der Waals surface area (Å²) in [6.07, 6.45) is 2.76. The van der Waals surface area contributed by atoms with Gasteiger partial charge in [0.25, 0.3) is 0 Å². The van der Waals surface area contributed by atoms with Crippen LogP contribution in [0.25, 0.3) is 0 Å². The van der Waals surface area contributed by atoms with Gasteiger partial charge in [-0.3, -0.25) is 4.90 Å². The summed E-state index contributed by atoms with van der Waals surface area (Å²) in [7, 11) is 0. The zero-order chi connectivity index (χ0) is 12.9. The molecule has 1 aliphatic rings. The fourth-order valence-electron chi connectivity index (χ4n) is 2.55. The lowest BCUT2D eigenvalue weighted by Crippen LogP contribution is -2.57. The van der Waals surface area contributed by atoms with Gasteiger partial charge in [-0.05, 0) is 32.1 Å². The Morgan fingerprint density at radius 2 is 1.82 bits per heavy atom. The molecule has 3 nitrogen and oxygen atoms in total. The maximum Gasteiger partial charge on any atom is 0.0721 e. The van der Waals surface area contributed by atoms with Crippen molar-refractivity contribution in [2.24, 2.45) is 5.92 Å². The number of aliphatic hydroxyl groups excluding tert-OH is 1. The highest BCUT2D eigenvalue weighted by Gasteiger charge is 2.37. The zero-order valence-electron chi connectivity index (χ0n) is 11.9. The second-order valence-electron chi connectivity index (χ2n) is 5.80. The Bertz CT molecular complexity index is 214. The van der Waals surface area contributed by atoms with Crippen molar-refractivity contribution >= 4 is 0 Å². The van der Waals surface area contributed by atoms with Crippen LogP contribution in [0, 0.1) is 5.92 Å². The van der Waals surface area contributed by atoms with Gasteiger partial charge < -0.3 is 9.84 Å². The minimum Gasteiger partial charge on any atom is -0.391 e. The molecular weight excluding hydrogens is 214 g/mol. The summed E-state index contributed by atoms with van der Waals surface area (Å²) in [6.45, 7) is 12.3. The molecule has 0 aromatic carbocycles. The third kappa shape index (κ3) is 3.94. The predicted octanol–water partition coefficient (Wildman–Crippen LogP) is 2.28. The summed E-state index contributed by atoms with van der Waals surface area (Å²) >= 11 is 0. The molecule has 1 aliphatic heterocycles. The third-order valence-electron chi connectivity index (χ3n) is 4.18. The second kappa shape index (κ2) is 6.72. The molecular formula is C14H29NO2. The van der Waals surface area contributed by atoms with Gasteiger partial charge in [-0.25, -0.2) is 0 Å². The van der Waals surface area contributed by atoms with Crippen LogP contribution in [0.4, 0.5) is 0 Å². The molecule has 1 heterocycles. The maximum absolute atomic E-state index is 10.5. The number of aliphatic hydroxyl groups is 1. The van der Waals surface area contributed by atoms with Crippen LogP contribution < -0.4 is 0 Å². The number of rotatable bonds is 6. The van der Waals surface area contributed by atoms with Gasteiger partial charge in [0.1, 0.15) is 0 Å².